The average molecular weight is 497 g/mol. The summed E-state index contributed by atoms with van der Waals surface area (Å²) in [4.78, 5) is 26.9. The van der Waals surface area contributed by atoms with Crippen molar-refractivity contribution in [3.8, 4) is 0 Å². The monoisotopic (exact) mass is 497 g/mol. The van der Waals surface area contributed by atoms with Crippen LogP contribution in [0.3, 0.4) is 0 Å². The summed E-state index contributed by atoms with van der Waals surface area (Å²) in [6.07, 6.45) is -4.05. The van der Waals surface area contributed by atoms with Crippen molar-refractivity contribution < 1.29 is 31.5 Å². The summed E-state index contributed by atoms with van der Waals surface area (Å²) in [6.45, 7) is 0.631. The summed E-state index contributed by atoms with van der Waals surface area (Å²) in [5, 5.41) is 15.6. The lowest BCUT2D eigenvalue weighted by atomic mass is 9.95. The van der Waals surface area contributed by atoms with E-state index in [1.807, 2.05) is 0 Å². The van der Waals surface area contributed by atoms with E-state index in [9.17, 15) is 31.5 Å². The van der Waals surface area contributed by atoms with Crippen LogP contribution in [0.5, 0.6) is 0 Å². The molecule has 2 N–H and O–H groups in total. The Morgan fingerprint density at radius 3 is 2.40 bits per heavy atom. The number of aromatic nitrogens is 4. The van der Waals surface area contributed by atoms with Crippen molar-refractivity contribution in [2.75, 3.05) is 25.0 Å². The van der Waals surface area contributed by atoms with Gasteiger partial charge in [-0.2, -0.15) is 17.7 Å². The number of rotatable bonds is 5. The van der Waals surface area contributed by atoms with Crippen molar-refractivity contribution in [2.24, 2.45) is 5.92 Å². The zero-order chi connectivity index (χ0) is 25.3. The number of carbonyl (C=O) groups is 2. The van der Waals surface area contributed by atoms with Crippen molar-refractivity contribution in [1.29, 1.82) is 0 Å². The number of carbonyl (C=O) groups excluding carboxylic acids is 2. The fourth-order valence-corrected chi connectivity index (χ4v) is 3.89. The molecule has 1 aliphatic heterocycles. The molecule has 0 aliphatic carbocycles. The number of hydrogen-bond donors (Lipinski definition) is 2. The van der Waals surface area contributed by atoms with Gasteiger partial charge in [-0.3, -0.25) is 9.59 Å². The maximum Gasteiger partial charge on any atom is 0.453 e. The maximum atomic E-state index is 13.7. The van der Waals surface area contributed by atoms with Gasteiger partial charge in [-0.05, 0) is 42.7 Å². The predicted molar refractivity (Wildman–Crippen MR) is 112 cm³/mol. The number of fused-ring (bicyclic) bond motifs is 1. The summed E-state index contributed by atoms with van der Waals surface area (Å²) in [6, 6.07) is 4.60. The van der Waals surface area contributed by atoms with Crippen LogP contribution in [0.1, 0.15) is 30.3 Å². The van der Waals surface area contributed by atoms with Crippen LogP contribution in [0.25, 0.3) is 5.65 Å². The highest BCUT2D eigenvalue weighted by Gasteiger charge is 2.38. The Balaban J connectivity index is 1.44. The Kier molecular flexibility index (Phi) is 6.54. The molecule has 0 bridgehead atoms. The van der Waals surface area contributed by atoms with Gasteiger partial charge in [-0.25, -0.2) is 8.78 Å². The van der Waals surface area contributed by atoms with Gasteiger partial charge in [0.1, 0.15) is 11.9 Å². The fraction of sp³-hybridized carbons (Fsp3) is 0.381. The Morgan fingerprint density at radius 2 is 1.77 bits per heavy atom. The summed E-state index contributed by atoms with van der Waals surface area (Å²) in [7, 11) is 1.35. The summed E-state index contributed by atoms with van der Waals surface area (Å²) >= 11 is 0. The molecule has 3 heterocycles. The molecule has 35 heavy (non-hydrogen) atoms. The largest absolute Gasteiger partial charge is 0.453 e. The highest BCUT2D eigenvalue weighted by Crippen LogP contribution is 2.29. The molecule has 1 aliphatic rings. The first kappa shape index (κ1) is 24.3. The summed E-state index contributed by atoms with van der Waals surface area (Å²) in [5.41, 5.74) is 0.0359. The van der Waals surface area contributed by atoms with Crippen LogP contribution in [0.4, 0.5) is 27.8 Å². The lowest BCUT2D eigenvalue weighted by molar-refractivity contribution is -0.146. The second kappa shape index (κ2) is 9.43. The minimum atomic E-state index is -4.72. The molecule has 2 aromatic heterocycles. The van der Waals surface area contributed by atoms with Crippen LogP contribution in [0.2, 0.25) is 0 Å². The first-order chi connectivity index (χ1) is 16.6. The number of amides is 2. The van der Waals surface area contributed by atoms with Crippen LogP contribution in [-0.4, -0.2) is 51.8 Å². The standard InChI is InChI=1S/C21H20F5N7O2/c1-27-19(35)17(12-2-3-13(22)14(23)10-12)28-18(34)11-6-8-32(9-7-11)16-5-4-15-29-30-20(21(24,25)26)33(15)31-16/h2-5,10-11,17H,6-9H2,1H3,(H,27,35)(H,28,34). The lowest BCUT2D eigenvalue weighted by Gasteiger charge is -2.32. The number of nitrogens with one attached hydrogen (secondary N) is 2. The predicted octanol–water partition coefficient (Wildman–Crippen LogP) is 2.24. The molecular weight excluding hydrogens is 477 g/mol. The maximum absolute atomic E-state index is 13.7. The van der Waals surface area contributed by atoms with E-state index in [0.717, 1.165) is 12.1 Å². The highest BCUT2D eigenvalue weighted by atomic mass is 19.4. The molecule has 0 spiro atoms. The number of piperidine rings is 1. The Labute approximate surface area is 195 Å². The molecule has 9 nitrogen and oxygen atoms in total. The average Bonchev–Trinajstić information content (AvgIpc) is 3.28. The molecule has 0 radical (unpaired) electrons. The molecule has 14 heteroatoms. The third-order valence-corrected chi connectivity index (χ3v) is 5.76. The second-order valence-corrected chi connectivity index (χ2v) is 7.97. The lowest BCUT2D eigenvalue weighted by Crippen LogP contribution is -2.45. The molecule has 1 aromatic carbocycles. The third-order valence-electron chi connectivity index (χ3n) is 5.76. The van der Waals surface area contributed by atoms with E-state index >= 15 is 0 Å². The number of halogens is 5. The van der Waals surface area contributed by atoms with Crippen molar-refractivity contribution in [1.82, 2.24) is 30.4 Å². The third kappa shape index (κ3) is 5.00. The van der Waals surface area contributed by atoms with E-state index in [0.29, 0.717) is 30.4 Å². The minimum Gasteiger partial charge on any atom is -0.357 e. The Morgan fingerprint density at radius 1 is 1.06 bits per heavy atom. The molecule has 1 unspecified atom stereocenters. The van der Waals surface area contributed by atoms with Crippen molar-refractivity contribution >= 4 is 23.3 Å². The van der Waals surface area contributed by atoms with Crippen LogP contribution in [0.15, 0.2) is 30.3 Å². The molecule has 1 fully saturated rings. The minimum absolute atomic E-state index is 0.0483. The molecule has 1 saturated heterocycles. The van der Waals surface area contributed by atoms with Gasteiger partial charge in [0.25, 0.3) is 5.82 Å². The van der Waals surface area contributed by atoms with Gasteiger partial charge >= 0.3 is 6.18 Å². The van der Waals surface area contributed by atoms with Gasteiger partial charge in [0, 0.05) is 26.1 Å². The normalized spacial score (nSPS) is 15.8. The number of hydrogen-bond acceptors (Lipinski definition) is 6. The van der Waals surface area contributed by atoms with E-state index in [1.165, 1.54) is 25.2 Å². The van der Waals surface area contributed by atoms with Gasteiger partial charge in [-0.15, -0.1) is 15.3 Å². The smallest absolute Gasteiger partial charge is 0.357 e. The van der Waals surface area contributed by atoms with Crippen LogP contribution in [0, 0.1) is 17.6 Å². The Bertz CT molecular complexity index is 1250. The zero-order valence-corrected chi connectivity index (χ0v) is 18.3. The number of alkyl halides is 3. The van der Waals surface area contributed by atoms with Crippen molar-refractivity contribution in [3.05, 3.63) is 53.4 Å². The summed E-state index contributed by atoms with van der Waals surface area (Å²) in [5.74, 6) is -4.76. The van der Waals surface area contributed by atoms with Crippen LogP contribution < -0.4 is 15.5 Å². The van der Waals surface area contributed by atoms with E-state index in [1.54, 1.807) is 4.90 Å². The van der Waals surface area contributed by atoms with E-state index in [-0.39, 0.29) is 17.0 Å². The summed E-state index contributed by atoms with van der Waals surface area (Å²) < 4.78 is 67.0. The van der Waals surface area contributed by atoms with Gasteiger partial charge < -0.3 is 15.5 Å². The topological polar surface area (TPSA) is 105 Å². The van der Waals surface area contributed by atoms with E-state index in [4.69, 9.17) is 0 Å². The number of nitrogens with zero attached hydrogens (tertiary/aromatic N) is 5. The Hall–Kier alpha value is -3.84. The van der Waals surface area contributed by atoms with Gasteiger partial charge in [0.2, 0.25) is 11.8 Å². The molecule has 186 valence electrons. The molecule has 4 rings (SSSR count). The first-order valence-electron chi connectivity index (χ1n) is 10.6. The molecule has 2 amide bonds. The van der Waals surface area contributed by atoms with Crippen molar-refractivity contribution in [3.63, 3.8) is 0 Å². The van der Waals surface area contributed by atoms with Crippen molar-refractivity contribution in [2.45, 2.75) is 25.1 Å². The van der Waals surface area contributed by atoms with Crippen LogP contribution >= 0.6 is 0 Å². The van der Waals surface area contributed by atoms with Gasteiger partial charge in [0.05, 0.1) is 0 Å². The molecule has 0 saturated carbocycles. The molecular formula is C21H20F5N7O2. The highest BCUT2D eigenvalue weighted by molar-refractivity contribution is 5.89. The number of anilines is 1. The first-order valence-corrected chi connectivity index (χ1v) is 10.6. The number of likely N-dealkylation sites (N-methyl/N-ethyl adjacent to an activating group) is 1. The molecule has 3 aromatic rings. The SMILES string of the molecule is CNC(=O)C(NC(=O)C1CCN(c2ccc3nnc(C(F)(F)F)n3n2)CC1)c1ccc(F)c(F)c1. The zero-order valence-electron chi connectivity index (χ0n) is 18.3. The van der Waals surface area contributed by atoms with Gasteiger partial charge in [0.15, 0.2) is 17.3 Å². The fourth-order valence-electron chi connectivity index (χ4n) is 3.89. The number of benzene rings is 1. The van der Waals surface area contributed by atoms with E-state index < -0.39 is 47.4 Å². The van der Waals surface area contributed by atoms with Gasteiger partial charge in [-0.1, -0.05) is 6.07 Å². The quantitative estimate of drug-likeness (QED) is 0.524. The molecule has 1 atom stereocenters. The van der Waals surface area contributed by atoms with Crippen LogP contribution in [-0.2, 0) is 15.8 Å². The second-order valence-electron chi connectivity index (χ2n) is 7.97. The van der Waals surface area contributed by atoms with E-state index in [2.05, 4.69) is 25.9 Å².